The van der Waals surface area contributed by atoms with Crippen molar-refractivity contribution in [2.45, 2.75) is 30.9 Å². The highest BCUT2D eigenvalue weighted by Gasteiger charge is 2.46. The number of fused-ring (bicyclic) bond motifs is 2. The molecule has 0 aliphatic heterocycles. The number of hydrogen-bond donors (Lipinski definition) is 0. The minimum atomic E-state index is -0.730. The van der Waals surface area contributed by atoms with Crippen molar-refractivity contribution >= 4 is 15.7 Å². The zero-order chi connectivity index (χ0) is 19.1. The molecule has 2 bridgehead atoms. The van der Waals surface area contributed by atoms with Gasteiger partial charge in [-0.3, -0.25) is 4.98 Å². The molecule has 3 atom stereocenters. The molecule has 1 nitrogen and oxygen atoms in total. The van der Waals surface area contributed by atoms with Crippen molar-refractivity contribution in [3.8, 4) is 22.4 Å². The SMILES string of the molecule is [B]C([B])(c1ccc(-c2ccnc(-c3ccccc3)c2)cc1)C1CC2CCC1C2. The summed E-state index contributed by atoms with van der Waals surface area (Å²) in [6, 6.07) is 23.0. The van der Waals surface area contributed by atoms with Gasteiger partial charge >= 0.3 is 0 Å². The van der Waals surface area contributed by atoms with Crippen LogP contribution in [0.1, 0.15) is 31.2 Å². The van der Waals surface area contributed by atoms with Crippen molar-refractivity contribution in [1.29, 1.82) is 0 Å². The Labute approximate surface area is 170 Å². The lowest BCUT2D eigenvalue weighted by atomic mass is 9.43. The van der Waals surface area contributed by atoms with Gasteiger partial charge in [0.25, 0.3) is 0 Å². The van der Waals surface area contributed by atoms with Crippen molar-refractivity contribution in [3.63, 3.8) is 0 Å². The summed E-state index contributed by atoms with van der Waals surface area (Å²) in [7, 11) is 13.4. The van der Waals surface area contributed by atoms with Crippen LogP contribution >= 0.6 is 0 Å². The molecular weight excluding hydrogens is 336 g/mol. The molecule has 1 heterocycles. The molecule has 2 saturated carbocycles. The van der Waals surface area contributed by atoms with Gasteiger partial charge in [-0.1, -0.05) is 71.8 Å². The third-order valence-corrected chi connectivity index (χ3v) is 6.90. The van der Waals surface area contributed by atoms with Gasteiger partial charge in [-0.25, -0.2) is 0 Å². The first-order chi connectivity index (χ1) is 13.6. The molecule has 2 aromatic carbocycles. The molecule has 0 amide bonds. The lowest BCUT2D eigenvalue weighted by Gasteiger charge is -2.39. The first-order valence-corrected chi connectivity index (χ1v) is 10.3. The van der Waals surface area contributed by atoms with Crippen LogP contribution in [0.5, 0.6) is 0 Å². The van der Waals surface area contributed by atoms with Crippen LogP contribution in [0.15, 0.2) is 72.9 Å². The molecular formula is C25H23B2N. The van der Waals surface area contributed by atoms with Crippen LogP contribution in [0.2, 0.25) is 0 Å². The van der Waals surface area contributed by atoms with Gasteiger partial charge in [0, 0.05) is 11.8 Å². The van der Waals surface area contributed by atoms with E-state index in [-0.39, 0.29) is 0 Å². The van der Waals surface area contributed by atoms with Crippen LogP contribution < -0.4 is 0 Å². The van der Waals surface area contributed by atoms with E-state index in [9.17, 15) is 0 Å². The molecule has 1 aromatic heterocycles. The molecule has 134 valence electrons. The number of benzene rings is 2. The van der Waals surface area contributed by atoms with E-state index in [1.165, 1.54) is 25.7 Å². The summed E-state index contributed by atoms with van der Waals surface area (Å²) < 4.78 is 0. The third kappa shape index (κ3) is 3.11. The van der Waals surface area contributed by atoms with Crippen molar-refractivity contribution in [1.82, 2.24) is 4.98 Å². The second-order valence-electron chi connectivity index (χ2n) is 8.59. The van der Waals surface area contributed by atoms with Gasteiger partial charge in [-0.05, 0) is 60.3 Å². The summed E-state index contributed by atoms with van der Waals surface area (Å²) in [6.45, 7) is 0. The van der Waals surface area contributed by atoms with E-state index in [1.54, 1.807) is 0 Å². The van der Waals surface area contributed by atoms with E-state index in [1.807, 2.05) is 24.4 Å². The molecule has 4 radical (unpaired) electrons. The maximum absolute atomic E-state index is 6.69. The minimum Gasteiger partial charge on any atom is -0.256 e. The zero-order valence-electron chi connectivity index (χ0n) is 16.1. The van der Waals surface area contributed by atoms with E-state index >= 15 is 0 Å². The first kappa shape index (κ1) is 17.8. The summed E-state index contributed by atoms with van der Waals surface area (Å²) in [5.74, 6) is 1.95. The van der Waals surface area contributed by atoms with E-state index in [2.05, 4.69) is 53.5 Å². The molecule has 3 unspecified atom stereocenters. The van der Waals surface area contributed by atoms with Gasteiger partial charge in [0.05, 0.1) is 21.4 Å². The average Bonchev–Trinajstić information content (AvgIpc) is 3.39. The van der Waals surface area contributed by atoms with Gasteiger partial charge in [0.2, 0.25) is 0 Å². The highest BCUT2D eigenvalue weighted by molar-refractivity contribution is 6.40. The fourth-order valence-electron chi connectivity index (χ4n) is 5.37. The van der Waals surface area contributed by atoms with E-state index in [0.29, 0.717) is 11.8 Å². The smallest absolute Gasteiger partial charge is 0.0708 e. The molecule has 3 aromatic rings. The minimum absolute atomic E-state index is 0.405. The Hall–Kier alpha value is -2.28. The van der Waals surface area contributed by atoms with Crippen LogP contribution in [0.3, 0.4) is 0 Å². The first-order valence-electron chi connectivity index (χ1n) is 10.3. The number of hydrogen-bond acceptors (Lipinski definition) is 1. The molecule has 5 rings (SSSR count). The van der Waals surface area contributed by atoms with E-state index in [4.69, 9.17) is 15.7 Å². The third-order valence-electron chi connectivity index (χ3n) is 6.90. The number of aromatic nitrogens is 1. The van der Waals surface area contributed by atoms with E-state index in [0.717, 1.165) is 33.9 Å². The standard InChI is InChI=1S/C25H23B2N/c26-25(27,23-15-17-6-7-21(23)14-17)22-10-8-18(9-11-22)20-12-13-28-24(16-20)19-4-2-1-3-5-19/h1-5,8-13,16-17,21,23H,6-7,14-15H2. The Morgan fingerprint density at radius 1 is 0.786 bits per heavy atom. The highest BCUT2D eigenvalue weighted by Crippen LogP contribution is 2.53. The zero-order valence-corrected chi connectivity index (χ0v) is 16.1. The Morgan fingerprint density at radius 3 is 2.25 bits per heavy atom. The topological polar surface area (TPSA) is 12.9 Å². The molecule has 3 heteroatoms. The number of pyridine rings is 1. The average molecular weight is 359 g/mol. The highest BCUT2D eigenvalue weighted by atomic mass is 14.7. The predicted molar refractivity (Wildman–Crippen MR) is 117 cm³/mol. The normalized spacial score (nSPS) is 23.8. The van der Waals surface area contributed by atoms with Crippen LogP contribution in [-0.4, -0.2) is 20.7 Å². The Balaban J connectivity index is 1.41. The summed E-state index contributed by atoms with van der Waals surface area (Å²) in [5.41, 5.74) is 5.47. The Kier molecular flexibility index (Phi) is 4.42. The molecule has 2 aliphatic carbocycles. The summed E-state index contributed by atoms with van der Waals surface area (Å²) >= 11 is 0. The fourth-order valence-corrected chi connectivity index (χ4v) is 5.37. The number of nitrogens with zero attached hydrogens (tertiary/aromatic N) is 1. The predicted octanol–water partition coefficient (Wildman–Crippen LogP) is 5.34. The van der Waals surface area contributed by atoms with Crippen molar-refractivity contribution in [3.05, 3.63) is 78.5 Å². The maximum Gasteiger partial charge on any atom is 0.0708 e. The summed E-state index contributed by atoms with van der Waals surface area (Å²) in [6.07, 6.45) is 7.03. The molecule has 2 fully saturated rings. The monoisotopic (exact) mass is 359 g/mol. The molecule has 2 aliphatic rings. The van der Waals surface area contributed by atoms with E-state index < -0.39 is 5.21 Å². The summed E-state index contributed by atoms with van der Waals surface area (Å²) in [5, 5.41) is -0.730. The van der Waals surface area contributed by atoms with Crippen LogP contribution in [0.4, 0.5) is 0 Å². The molecule has 0 saturated heterocycles. The quantitative estimate of drug-likeness (QED) is 0.573. The fraction of sp³-hybridized carbons (Fsp3) is 0.320. The molecule has 28 heavy (non-hydrogen) atoms. The Morgan fingerprint density at radius 2 is 1.57 bits per heavy atom. The van der Waals surface area contributed by atoms with Gasteiger partial charge in [0.15, 0.2) is 0 Å². The largest absolute Gasteiger partial charge is 0.256 e. The van der Waals surface area contributed by atoms with Crippen molar-refractivity contribution in [2.75, 3.05) is 0 Å². The lowest BCUT2D eigenvalue weighted by Crippen LogP contribution is -2.39. The van der Waals surface area contributed by atoms with Gasteiger partial charge in [0.1, 0.15) is 0 Å². The van der Waals surface area contributed by atoms with Gasteiger partial charge < -0.3 is 0 Å². The van der Waals surface area contributed by atoms with Crippen LogP contribution in [0, 0.1) is 17.8 Å². The van der Waals surface area contributed by atoms with Crippen molar-refractivity contribution < 1.29 is 0 Å². The lowest BCUT2D eigenvalue weighted by molar-refractivity contribution is 0.302. The molecule has 0 spiro atoms. The van der Waals surface area contributed by atoms with Crippen LogP contribution in [0.25, 0.3) is 22.4 Å². The van der Waals surface area contributed by atoms with Gasteiger partial charge in [-0.2, -0.15) is 0 Å². The second-order valence-corrected chi connectivity index (χ2v) is 8.59. The maximum atomic E-state index is 6.69. The summed E-state index contributed by atoms with van der Waals surface area (Å²) in [4.78, 5) is 4.53. The molecule has 0 N–H and O–H groups in total. The second kappa shape index (κ2) is 6.95. The Bertz CT molecular complexity index is 965. The number of rotatable bonds is 4. The van der Waals surface area contributed by atoms with Gasteiger partial charge in [-0.15, -0.1) is 0 Å². The van der Waals surface area contributed by atoms with Crippen molar-refractivity contribution in [2.24, 2.45) is 17.8 Å². The van der Waals surface area contributed by atoms with Crippen LogP contribution in [-0.2, 0) is 5.21 Å².